The van der Waals surface area contributed by atoms with Crippen LogP contribution in [0.4, 0.5) is 13.2 Å². The van der Waals surface area contributed by atoms with E-state index in [0.717, 1.165) is 12.1 Å². The van der Waals surface area contributed by atoms with Crippen molar-refractivity contribution < 1.29 is 13.2 Å². The van der Waals surface area contributed by atoms with Crippen molar-refractivity contribution in [1.82, 2.24) is 9.97 Å². The van der Waals surface area contributed by atoms with Crippen molar-refractivity contribution in [3.63, 3.8) is 0 Å². The number of benzene rings is 1. The van der Waals surface area contributed by atoms with Gasteiger partial charge >= 0.3 is 0 Å². The molecule has 0 radical (unpaired) electrons. The standard InChI is InChI=1S/C11H6BrF3N2S/c1-4-8(12)11(18)17-10(16-4)5-2-6(13)9(15)7(14)3-5/h2-3H,1H3,(H,16,17,18). The maximum absolute atomic E-state index is 13.1. The van der Waals surface area contributed by atoms with Crippen LogP contribution in [0.15, 0.2) is 16.6 Å². The van der Waals surface area contributed by atoms with Crippen molar-refractivity contribution in [3.8, 4) is 11.4 Å². The summed E-state index contributed by atoms with van der Waals surface area (Å²) in [5.74, 6) is -3.87. The van der Waals surface area contributed by atoms with Gasteiger partial charge in [-0.25, -0.2) is 18.2 Å². The molecule has 7 heteroatoms. The molecule has 0 aliphatic heterocycles. The van der Waals surface area contributed by atoms with E-state index in [-0.39, 0.29) is 16.0 Å². The Kier molecular flexibility index (Phi) is 3.54. The second kappa shape index (κ2) is 4.81. The fraction of sp³-hybridized carbons (Fsp3) is 0.0909. The van der Waals surface area contributed by atoms with Gasteiger partial charge in [0.05, 0.1) is 4.47 Å². The van der Waals surface area contributed by atoms with Crippen LogP contribution in [0.25, 0.3) is 11.4 Å². The van der Waals surface area contributed by atoms with Crippen LogP contribution in [-0.4, -0.2) is 9.97 Å². The molecule has 1 aromatic heterocycles. The van der Waals surface area contributed by atoms with Gasteiger partial charge in [-0.3, -0.25) is 0 Å². The lowest BCUT2D eigenvalue weighted by Gasteiger charge is -2.06. The third kappa shape index (κ3) is 2.32. The molecular weight excluding hydrogens is 329 g/mol. The molecule has 0 saturated heterocycles. The maximum Gasteiger partial charge on any atom is 0.194 e. The van der Waals surface area contributed by atoms with Crippen molar-refractivity contribution in [2.75, 3.05) is 0 Å². The number of aryl methyl sites for hydroxylation is 1. The Bertz CT molecular complexity index is 661. The molecule has 0 aliphatic rings. The van der Waals surface area contributed by atoms with Crippen molar-refractivity contribution in [3.05, 3.63) is 44.4 Å². The highest BCUT2D eigenvalue weighted by Crippen LogP contribution is 2.23. The summed E-state index contributed by atoms with van der Waals surface area (Å²) in [7, 11) is 0. The molecule has 1 heterocycles. The van der Waals surface area contributed by atoms with Crippen LogP contribution in [0.1, 0.15) is 5.69 Å². The van der Waals surface area contributed by atoms with Gasteiger partial charge in [-0.1, -0.05) is 12.2 Å². The highest BCUT2D eigenvalue weighted by atomic mass is 79.9. The Balaban J connectivity index is 2.66. The van der Waals surface area contributed by atoms with Crippen molar-refractivity contribution in [2.24, 2.45) is 0 Å². The van der Waals surface area contributed by atoms with Gasteiger partial charge in [0.25, 0.3) is 0 Å². The van der Waals surface area contributed by atoms with Gasteiger partial charge in [-0.05, 0) is 35.0 Å². The zero-order valence-corrected chi connectivity index (χ0v) is 11.4. The summed E-state index contributed by atoms with van der Waals surface area (Å²) in [4.78, 5) is 6.80. The molecule has 2 nitrogen and oxygen atoms in total. The maximum atomic E-state index is 13.1. The summed E-state index contributed by atoms with van der Waals surface area (Å²) in [6.07, 6.45) is 0. The predicted octanol–water partition coefficient (Wildman–Crippen LogP) is 4.29. The summed E-state index contributed by atoms with van der Waals surface area (Å²) >= 11 is 8.20. The van der Waals surface area contributed by atoms with Crippen LogP contribution < -0.4 is 0 Å². The van der Waals surface area contributed by atoms with Gasteiger partial charge in [-0.15, -0.1) is 0 Å². The Morgan fingerprint density at radius 1 is 1.22 bits per heavy atom. The third-order valence-electron chi connectivity index (χ3n) is 2.29. The fourth-order valence-electron chi connectivity index (χ4n) is 1.40. The molecule has 0 spiro atoms. The minimum Gasteiger partial charge on any atom is -0.342 e. The average Bonchev–Trinajstić information content (AvgIpc) is 2.31. The molecule has 0 unspecified atom stereocenters. The molecule has 0 fully saturated rings. The Hall–Kier alpha value is -1.21. The predicted molar refractivity (Wildman–Crippen MR) is 67.2 cm³/mol. The Morgan fingerprint density at radius 3 is 2.28 bits per heavy atom. The number of hydrogen-bond donors (Lipinski definition) is 1. The topological polar surface area (TPSA) is 28.7 Å². The van der Waals surface area contributed by atoms with E-state index in [4.69, 9.17) is 12.2 Å². The lowest BCUT2D eigenvalue weighted by Crippen LogP contribution is -1.97. The zero-order valence-electron chi connectivity index (χ0n) is 9.02. The van der Waals surface area contributed by atoms with Crippen molar-refractivity contribution in [1.29, 1.82) is 0 Å². The normalized spacial score (nSPS) is 10.7. The molecule has 0 atom stereocenters. The number of nitrogens with zero attached hydrogens (tertiary/aromatic N) is 1. The minimum atomic E-state index is -1.51. The number of aromatic amines is 1. The first-order valence-electron chi connectivity index (χ1n) is 4.81. The molecule has 0 bridgehead atoms. The van der Waals surface area contributed by atoms with Gasteiger partial charge in [0.2, 0.25) is 0 Å². The van der Waals surface area contributed by atoms with Crippen LogP contribution in [0.5, 0.6) is 0 Å². The van der Waals surface area contributed by atoms with Crippen molar-refractivity contribution >= 4 is 28.1 Å². The Morgan fingerprint density at radius 2 is 1.78 bits per heavy atom. The fourth-order valence-corrected chi connectivity index (χ4v) is 1.83. The van der Waals surface area contributed by atoms with E-state index in [0.29, 0.717) is 10.2 Å². The molecule has 0 saturated carbocycles. The van der Waals surface area contributed by atoms with Crippen LogP contribution in [0, 0.1) is 29.0 Å². The quantitative estimate of drug-likeness (QED) is 0.622. The molecule has 2 aromatic rings. The monoisotopic (exact) mass is 334 g/mol. The number of H-pyrrole nitrogens is 1. The molecule has 1 N–H and O–H groups in total. The summed E-state index contributed by atoms with van der Waals surface area (Å²) < 4.78 is 39.9. The molecule has 0 aliphatic carbocycles. The van der Waals surface area contributed by atoms with Crippen molar-refractivity contribution in [2.45, 2.75) is 6.92 Å². The highest BCUT2D eigenvalue weighted by Gasteiger charge is 2.13. The minimum absolute atomic E-state index is 0.0908. The lowest BCUT2D eigenvalue weighted by atomic mass is 10.2. The Labute approximate surface area is 114 Å². The van der Waals surface area contributed by atoms with Gasteiger partial charge < -0.3 is 4.98 Å². The number of hydrogen-bond acceptors (Lipinski definition) is 2. The second-order valence-electron chi connectivity index (χ2n) is 3.58. The molecule has 1 aromatic carbocycles. The van der Waals surface area contributed by atoms with E-state index >= 15 is 0 Å². The number of rotatable bonds is 1. The van der Waals surface area contributed by atoms with Crippen LogP contribution in [0.3, 0.4) is 0 Å². The van der Waals surface area contributed by atoms with Crippen LogP contribution >= 0.6 is 28.1 Å². The first-order chi connectivity index (χ1) is 8.40. The highest BCUT2D eigenvalue weighted by molar-refractivity contribution is 9.10. The first kappa shape index (κ1) is 13.2. The lowest BCUT2D eigenvalue weighted by molar-refractivity contribution is 0.447. The smallest absolute Gasteiger partial charge is 0.194 e. The number of halogens is 4. The van der Waals surface area contributed by atoms with Gasteiger partial charge in [0, 0.05) is 11.3 Å². The zero-order chi connectivity index (χ0) is 13.4. The van der Waals surface area contributed by atoms with E-state index in [2.05, 4.69) is 25.9 Å². The largest absolute Gasteiger partial charge is 0.342 e. The van der Waals surface area contributed by atoms with Crippen LogP contribution in [0.2, 0.25) is 0 Å². The summed E-state index contributed by atoms with van der Waals surface area (Å²) in [6.45, 7) is 1.72. The second-order valence-corrected chi connectivity index (χ2v) is 4.76. The van der Waals surface area contributed by atoms with E-state index in [1.54, 1.807) is 6.92 Å². The summed E-state index contributed by atoms with van der Waals surface area (Å²) in [5.41, 5.74) is 0.753. The number of aromatic nitrogens is 2. The molecule has 2 rings (SSSR count). The molecule has 94 valence electrons. The van der Waals surface area contributed by atoms with Gasteiger partial charge in [0.1, 0.15) is 10.5 Å². The van der Waals surface area contributed by atoms with Crippen LogP contribution in [-0.2, 0) is 0 Å². The summed E-state index contributed by atoms with van der Waals surface area (Å²) in [6, 6.07) is 1.72. The van der Waals surface area contributed by atoms with Gasteiger partial charge in [-0.2, -0.15) is 0 Å². The third-order valence-corrected chi connectivity index (χ3v) is 3.82. The van der Waals surface area contributed by atoms with E-state index in [1.165, 1.54) is 0 Å². The molecular formula is C11H6BrF3N2S. The average molecular weight is 335 g/mol. The van der Waals surface area contributed by atoms with E-state index in [1.807, 2.05) is 0 Å². The number of nitrogens with one attached hydrogen (secondary N) is 1. The molecule has 0 amide bonds. The molecule has 18 heavy (non-hydrogen) atoms. The van der Waals surface area contributed by atoms with Gasteiger partial charge in [0.15, 0.2) is 17.5 Å². The van der Waals surface area contributed by atoms with E-state index in [9.17, 15) is 13.2 Å². The van der Waals surface area contributed by atoms with E-state index < -0.39 is 17.5 Å². The SMILES string of the molecule is Cc1[nH]c(-c2cc(F)c(F)c(F)c2)nc(=S)c1Br. The summed E-state index contributed by atoms with van der Waals surface area (Å²) in [5, 5.41) is 0. The first-order valence-corrected chi connectivity index (χ1v) is 6.01.